The van der Waals surface area contributed by atoms with E-state index in [0.29, 0.717) is 18.0 Å². The number of hydrogen-bond donors (Lipinski definition) is 1. The molecule has 0 aliphatic heterocycles. The van der Waals surface area contributed by atoms with Crippen LogP contribution in [0.4, 0.5) is 0 Å². The van der Waals surface area contributed by atoms with E-state index in [2.05, 4.69) is 30.5 Å². The van der Waals surface area contributed by atoms with Crippen molar-refractivity contribution in [1.82, 2.24) is 9.69 Å². The van der Waals surface area contributed by atoms with E-state index >= 15 is 0 Å². The molecule has 0 saturated carbocycles. The molecule has 1 aromatic rings. The Hall–Kier alpha value is -0.610. The van der Waals surface area contributed by atoms with Crippen LogP contribution >= 0.6 is 11.5 Å². The largest absolute Gasteiger partial charge is 0.480 e. The van der Waals surface area contributed by atoms with Gasteiger partial charge >= 0.3 is 0 Å². The third kappa shape index (κ3) is 3.80. The highest BCUT2D eigenvalue weighted by Gasteiger charge is 2.12. The highest BCUT2D eigenvalue weighted by atomic mass is 32.1. The van der Waals surface area contributed by atoms with Crippen molar-refractivity contribution < 1.29 is 4.74 Å². The lowest BCUT2D eigenvalue weighted by Gasteiger charge is -2.17. The van der Waals surface area contributed by atoms with Crippen LogP contribution in [0.1, 0.15) is 44.5 Å². The van der Waals surface area contributed by atoms with Crippen LogP contribution in [0.15, 0.2) is 6.07 Å². The summed E-state index contributed by atoms with van der Waals surface area (Å²) in [6.07, 6.45) is 2.42. The molecule has 4 heteroatoms. The maximum Gasteiger partial charge on any atom is 0.225 e. The molecule has 0 amide bonds. The minimum atomic E-state index is 0.355. The van der Waals surface area contributed by atoms with Gasteiger partial charge in [0, 0.05) is 23.0 Å². The van der Waals surface area contributed by atoms with E-state index < -0.39 is 0 Å². The highest BCUT2D eigenvalue weighted by molar-refractivity contribution is 7.06. The van der Waals surface area contributed by atoms with Gasteiger partial charge in [0.15, 0.2) is 0 Å². The summed E-state index contributed by atoms with van der Waals surface area (Å²) in [4.78, 5) is 1.23. The van der Waals surface area contributed by atoms with Crippen molar-refractivity contribution in [2.75, 3.05) is 7.11 Å². The summed E-state index contributed by atoms with van der Waals surface area (Å²) in [6.45, 7) is 6.59. The van der Waals surface area contributed by atoms with E-state index in [-0.39, 0.29) is 0 Å². The van der Waals surface area contributed by atoms with Crippen molar-refractivity contribution in [3.63, 3.8) is 0 Å². The van der Waals surface area contributed by atoms with Gasteiger partial charge in [-0.3, -0.25) is 0 Å². The summed E-state index contributed by atoms with van der Waals surface area (Å²) < 4.78 is 9.26. The molecule has 0 aliphatic rings. The lowest BCUT2D eigenvalue weighted by atomic mass is 10.1. The van der Waals surface area contributed by atoms with Gasteiger partial charge in [0.1, 0.15) is 0 Å². The summed E-state index contributed by atoms with van der Waals surface area (Å²) in [5.41, 5.74) is 0. The first-order valence-corrected chi connectivity index (χ1v) is 6.21. The fourth-order valence-electron chi connectivity index (χ4n) is 1.60. The zero-order valence-corrected chi connectivity index (χ0v) is 10.7. The van der Waals surface area contributed by atoms with Gasteiger partial charge < -0.3 is 10.1 Å². The van der Waals surface area contributed by atoms with Gasteiger partial charge in [0.05, 0.1) is 7.11 Å². The molecule has 0 fully saturated rings. The monoisotopic (exact) mass is 228 g/mol. The fraction of sp³-hybridized carbons (Fsp3) is 0.727. The van der Waals surface area contributed by atoms with Gasteiger partial charge in [0.25, 0.3) is 0 Å². The molecule has 0 aliphatic carbocycles. The van der Waals surface area contributed by atoms with E-state index in [1.165, 1.54) is 29.3 Å². The first-order chi connectivity index (χ1) is 7.17. The molecule has 3 nitrogen and oxygen atoms in total. The minimum Gasteiger partial charge on any atom is -0.480 e. The molecule has 0 bridgehead atoms. The number of nitrogens with zero attached hydrogens (tertiary/aromatic N) is 1. The quantitative estimate of drug-likeness (QED) is 0.812. The van der Waals surface area contributed by atoms with Gasteiger partial charge in [0.2, 0.25) is 5.88 Å². The first kappa shape index (κ1) is 12.5. The summed E-state index contributed by atoms with van der Waals surface area (Å²) in [6, 6.07) is 2.91. The molecule has 2 atom stereocenters. The number of rotatable bonds is 6. The third-order valence-electron chi connectivity index (χ3n) is 2.40. The Kier molecular flexibility index (Phi) is 5.05. The molecule has 15 heavy (non-hydrogen) atoms. The van der Waals surface area contributed by atoms with Crippen molar-refractivity contribution >= 4 is 11.5 Å². The number of aromatic nitrogens is 1. The second-order valence-electron chi connectivity index (χ2n) is 3.85. The van der Waals surface area contributed by atoms with Crippen molar-refractivity contribution in [2.45, 2.75) is 45.7 Å². The van der Waals surface area contributed by atoms with Crippen molar-refractivity contribution in [3.8, 4) is 5.88 Å². The Morgan fingerprint density at radius 2 is 2.27 bits per heavy atom. The number of ether oxygens (including phenoxy) is 1. The molecule has 86 valence electrons. The second kappa shape index (κ2) is 6.08. The average Bonchev–Trinajstić information content (AvgIpc) is 2.66. The van der Waals surface area contributed by atoms with Crippen LogP contribution in [0.2, 0.25) is 0 Å². The lowest BCUT2D eigenvalue weighted by molar-refractivity contribution is 0.401. The highest BCUT2D eigenvalue weighted by Crippen LogP contribution is 2.23. The smallest absolute Gasteiger partial charge is 0.225 e. The van der Waals surface area contributed by atoms with E-state index in [9.17, 15) is 0 Å². The lowest BCUT2D eigenvalue weighted by Crippen LogP contribution is -2.28. The summed E-state index contributed by atoms with van der Waals surface area (Å²) >= 11 is 1.50. The van der Waals surface area contributed by atoms with Crippen molar-refractivity contribution in [2.24, 2.45) is 0 Å². The van der Waals surface area contributed by atoms with Gasteiger partial charge in [-0.1, -0.05) is 13.3 Å². The van der Waals surface area contributed by atoms with Gasteiger partial charge in [-0.05, 0) is 31.8 Å². The predicted molar refractivity (Wildman–Crippen MR) is 64.6 cm³/mol. The van der Waals surface area contributed by atoms with E-state index in [4.69, 9.17) is 4.74 Å². The molecule has 0 aromatic carbocycles. The number of nitrogens with one attached hydrogen (secondary N) is 1. The van der Waals surface area contributed by atoms with Crippen LogP contribution in [-0.2, 0) is 0 Å². The van der Waals surface area contributed by atoms with Crippen molar-refractivity contribution in [1.29, 1.82) is 0 Å². The van der Waals surface area contributed by atoms with Crippen LogP contribution in [0.3, 0.4) is 0 Å². The van der Waals surface area contributed by atoms with E-state index in [0.717, 1.165) is 0 Å². The molecule has 1 aromatic heterocycles. The maximum absolute atomic E-state index is 5.07. The Bertz CT molecular complexity index is 288. The van der Waals surface area contributed by atoms with E-state index in [1.807, 2.05) is 6.07 Å². The molecule has 0 spiro atoms. The summed E-state index contributed by atoms with van der Waals surface area (Å²) in [7, 11) is 1.65. The topological polar surface area (TPSA) is 34.1 Å². The zero-order valence-electron chi connectivity index (χ0n) is 9.91. The maximum atomic E-state index is 5.07. The molecule has 0 saturated heterocycles. The molecule has 1 N–H and O–H groups in total. The predicted octanol–water partition coefficient (Wildman–Crippen LogP) is 2.99. The average molecular weight is 228 g/mol. The SMILES string of the molecule is CCCC(C)NC(C)c1cc(OC)ns1. The molecule has 1 rings (SSSR count). The third-order valence-corrected chi connectivity index (χ3v) is 3.35. The molecular formula is C11H20N2OS. The number of methoxy groups -OCH3 is 1. The molecular weight excluding hydrogens is 208 g/mol. The van der Waals surface area contributed by atoms with Crippen molar-refractivity contribution in [3.05, 3.63) is 10.9 Å². The minimum absolute atomic E-state index is 0.355. The van der Waals surface area contributed by atoms with Crippen LogP contribution in [0.25, 0.3) is 0 Å². The second-order valence-corrected chi connectivity index (χ2v) is 4.69. The van der Waals surface area contributed by atoms with E-state index in [1.54, 1.807) is 7.11 Å². The zero-order chi connectivity index (χ0) is 11.3. The van der Waals surface area contributed by atoms with Crippen LogP contribution < -0.4 is 10.1 Å². The Balaban J connectivity index is 2.49. The Labute approximate surface area is 96.0 Å². The fourth-order valence-corrected chi connectivity index (χ4v) is 2.30. The van der Waals surface area contributed by atoms with Gasteiger partial charge in [-0.25, -0.2) is 0 Å². The summed E-state index contributed by atoms with van der Waals surface area (Å²) in [5, 5.41) is 3.55. The standard InChI is InChI=1S/C11H20N2OS/c1-5-6-8(2)12-9(3)10-7-11(14-4)13-15-10/h7-9,12H,5-6H2,1-4H3. The molecule has 0 radical (unpaired) electrons. The Morgan fingerprint density at radius 3 is 2.80 bits per heavy atom. The Morgan fingerprint density at radius 1 is 1.53 bits per heavy atom. The summed E-state index contributed by atoms with van der Waals surface area (Å²) in [5.74, 6) is 0.715. The normalized spacial score (nSPS) is 14.9. The van der Waals surface area contributed by atoms with Gasteiger partial charge in [-0.15, -0.1) is 0 Å². The van der Waals surface area contributed by atoms with Crippen LogP contribution in [0, 0.1) is 0 Å². The van der Waals surface area contributed by atoms with Crippen LogP contribution in [-0.4, -0.2) is 17.5 Å². The van der Waals surface area contributed by atoms with Gasteiger partial charge in [-0.2, -0.15) is 4.37 Å². The number of hydrogen-bond acceptors (Lipinski definition) is 4. The van der Waals surface area contributed by atoms with Crippen LogP contribution in [0.5, 0.6) is 5.88 Å². The molecule has 2 unspecified atom stereocenters. The molecule has 1 heterocycles. The first-order valence-electron chi connectivity index (χ1n) is 5.44.